The van der Waals surface area contributed by atoms with Crippen LogP contribution >= 0.6 is 25.3 Å². The molecule has 2 atom stereocenters. The summed E-state index contributed by atoms with van der Waals surface area (Å²) in [6.45, 7) is 0. The van der Waals surface area contributed by atoms with Gasteiger partial charge in [0.05, 0.1) is 0 Å². The van der Waals surface area contributed by atoms with E-state index in [0.29, 0.717) is 0 Å². The maximum absolute atomic E-state index is 10.1. The first-order valence-electron chi connectivity index (χ1n) is 2.28. The largest absolute Gasteiger partial charge is 0.480 e. The predicted octanol–water partition coefficient (Wildman–Crippen LogP) is -0.628. The number of hydrogen-bond acceptors (Lipinski definition) is 4. The Balaban J connectivity index is 0. The van der Waals surface area contributed by atoms with E-state index in [0.717, 1.165) is 0 Å². The Morgan fingerprint density at radius 2 is 1.18 bits per heavy atom. The van der Waals surface area contributed by atoms with Crippen molar-refractivity contribution >= 4 is 55.1 Å². The summed E-state index contributed by atoms with van der Waals surface area (Å²) in [6.07, 6.45) is 0. The van der Waals surface area contributed by atoms with Crippen LogP contribution in [0.3, 0.4) is 0 Å². The second-order valence-electron chi connectivity index (χ2n) is 1.57. The molecule has 0 saturated heterocycles. The molecule has 0 aliphatic carbocycles. The molecule has 0 spiro atoms. The zero-order chi connectivity index (χ0) is 8.31. The van der Waals surface area contributed by atoms with Gasteiger partial charge in [0.15, 0.2) is 0 Å². The van der Waals surface area contributed by atoms with Crippen molar-refractivity contribution in [2.24, 2.45) is 0 Å². The standard InChI is InChI=1S/C4H6O4S2.As/c5-3(6)1(9)2(10)4(7)8;/h1-2,9-10H,(H,5,6)(H,7,8);. The number of carbonyl (C=O) groups is 2. The van der Waals surface area contributed by atoms with Crippen molar-refractivity contribution in [3.8, 4) is 0 Å². The fourth-order valence-corrected chi connectivity index (χ4v) is 0.525. The van der Waals surface area contributed by atoms with Gasteiger partial charge >= 0.3 is 11.9 Å². The molecule has 0 rings (SSSR count). The van der Waals surface area contributed by atoms with Crippen molar-refractivity contribution in [2.45, 2.75) is 10.5 Å². The Morgan fingerprint density at radius 3 is 1.27 bits per heavy atom. The number of aliphatic carboxylic acids is 2. The summed E-state index contributed by atoms with van der Waals surface area (Å²) in [5, 5.41) is 13.9. The van der Waals surface area contributed by atoms with Crippen LogP contribution in [0.25, 0.3) is 0 Å². The maximum atomic E-state index is 10.1. The Labute approximate surface area is 85.5 Å². The van der Waals surface area contributed by atoms with Crippen LogP contribution in [0.5, 0.6) is 0 Å². The molecule has 0 aliphatic rings. The summed E-state index contributed by atoms with van der Waals surface area (Å²) in [5.41, 5.74) is 0. The fraction of sp³-hybridized carbons (Fsp3) is 0.500. The van der Waals surface area contributed by atoms with E-state index >= 15 is 0 Å². The fourth-order valence-electron chi connectivity index (χ4n) is 0.270. The molecule has 0 fully saturated rings. The van der Waals surface area contributed by atoms with Crippen LogP contribution in [0.15, 0.2) is 0 Å². The van der Waals surface area contributed by atoms with E-state index in [9.17, 15) is 9.59 Å². The van der Waals surface area contributed by atoms with E-state index in [2.05, 4.69) is 25.3 Å². The van der Waals surface area contributed by atoms with Gasteiger partial charge in [-0.3, -0.25) is 9.59 Å². The molecule has 11 heavy (non-hydrogen) atoms. The zero-order valence-electron chi connectivity index (χ0n) is 5.21. The molecule has 0 bridgehead atoms. The normalized spacial score (nSPS) is 14.4. The third-order valence-electron chi connectivity index (χ3n) is 0.805. The number of rotatable bonds is 3. The monoisotopic (exact) mass is 257 g/mol. The first-order valence-corrected chi connectivity index (χ1v) is 3.32. The van der Waals surface area contributed by atoms with Gasteiger partial charge in [-0.1, -0.05) is 0 Å². The van der Waals surface area contributed by atoms with Crippen molar-refractivity contribution in [1.29, 1.82) is 0 Å². The molecule has 0 amide bonds. The molecule has 3 radical (unpaired) electrons. The Morgan fingerprint density at radius 1 is 1.00 bits per heavy atom. The molecule has 2 unspecified atom stereocenters. The third kappa shape index (κ3) is 4.61. The van der Waals surface area contributed by atoms with Gasteiger partial charge in [0.1, 0.15) is 10.5 Å². The molecule has 2 N–H and O–H groups in total. The summed E-state index contributed by atoms with van der Waals surface area (Å²) in [6, 6.07) is 0. The Hall–Kier alpha value is 0.198. The van der Waals surface area contributed by atoms with E-state index in [-0.39, 0.29) is 18.0 Å². The summed E-state index contributed by atoms with van der Waals surface area (Å²) in [7, 11) is 0. The van der Waals surface area contributed by atoms with Gasteiger partial charge in [-0.15, -0.1) is 0 Å². The summed E-state index contributed by atoms with van der Waals surface area (Å²) >= 11 is 7.00. The second-order valence-corrected chi connectivity index (χ2v) is 2.68. The van der Waals surface area contributed by atoms with Crippen molar-refractivity contribution < 1.29 is 19.8 Å². The molecule has 0 aromatic carbocycles. The topological polar surface area (TPSA) is 74.6 Å². The molecule has 7 heteroatoms. The molecule has 0 aliphatic heterocycles. The maximum Gasteiger partial charge on any atom is 0.318 e. The van der Waals surface area contributed by atoms with Crippen molar-refractivity contribution in [3.63, 3.8) is 0 Å². The predicted molar refractivity (Wildman–Crippen MR) is 46.6 cm³/mol. The van der Waals surface area contributed by atoms with Gasteiger partial charge in [0.25, 0.3) is 0 Å². The second kappa shape index (κ2) is 5.80. The first-order chi connectivity index (χ1) is 4.46. The molecule has 0 aromatic heterocycles. The van der Waals surface area contributed by atoms with Gasteiger partial charge in [-0.2, -0.15) is 25.3 Å². The Bertz CT molecular complexity index is 144. The molecule has 63 valence electrons. The summed E-state index contributed by atoms with van der Waals surface area (Å²) in [4.78, 5) is 20.1. The minimum absolute atomic E-state index is 0. The van der Waals surface area contributed by atoms with E-state index < -0.39 is 22.4 Å². The van der Waals surface area contributed by atoms with Crippen molar-refractivity contribution in [1.82, 2.24) is 0 Å². The average molecular weight is 257 g/mol. The van der Waals surface area contributed by atoms with Crippen molar-refractivity contribution in [3.05, 3.63) is 0 Å². The van der Waals surface area contributed by atoms with Gasteiger partial charge in [0, 0.05) is 18.0 Å². The van der Waals surface area contributed by atoms with Crippen LogP contribution in [0.2, 0.25) is 0 Å². The van der Waals surface area contributed by atoms with Crippen LogP contribution in [-0.2, 0) is 9.59 Å². The number of hydrogen-bond donors (Lipinski definition) is 4. The molecular weight excluding hydrogens is 251 g/mol. The van der Waals surface area contributed by atoms with Gasteiger partial charge < -0.3 is 10.2 Å². The molecule has 0 saturated carbocycles. The molecule has 0 heterocycles. The number of thiol groups is 2. The van der Waals surface area contributed by atoms with Crippen LogP contribution in [0.4, 0.5) is 0 Å². The first kappa shape index (κ1) is 13.8. The summed E-state index contributed by atoms with van der Waals surface area (Å²) < 4.78 is 0. The minimum Gasteiger partial charge on any atom is -0.480 e. The van der Waals surface area contributed by atoms with Crippen LogP contribution in [-0.4, -0.2) is 50.6 Å². The van der Waals surface area contributed by atoms with E-state index in [1.54, 1.807) is 0 Å². The third-order valence-corrected chi connectivity index (χ3v) is 2.08. The summed E-state index contributed by atoms with van der Waals surface area (Å²) in [5.74, 6) is -2.57. The SMILES string of the molecule is O=C(O)C(S)C(S)C(=O)O.[As]. The molecule has 4 nitrogen and oxygen atoms in total. The molecular formula is C4H6AsO4S2. The van der Waals surface area contributed by atoms with E-state index in [1.807, 2.05) is 0 Å². The van der Waals surface area contributed by atoms with Crippen molar-refractivity contribution in [2.75, 3.05) is 0 Å². The van der Waals surface area contributed by atoms with Gasteiger partial charge in [0.2, 0.25) is 0 Å². The van der Waals surface area contributed by atoms with Crippen LogP contribution < -0.4 is 0 Å². The zero-order valence-corrected chi connectivity index (χ0v) is 8.87. The van der Waals surface area contributed by atoms with Gasteiger partial charge in [-0.05, 0) is 0 Å². The molecule has 0 aromatic rings. The number of carboxylic acids is 2. The smallest absolute Gasteiger partial charge is 0.318 e. The van der Waals surface area contributed by atoms with Crippen LogP contribution in [0, 0.1) is 0 Å². The quantitative estimate of drug-likeness (QED) is 0.401. The average Bonchev–Trinajstić information content (AvgIpc) is 1.84. The van der Waals surface area contributed by atoms with Gasteiger partial charge in [-0.25, -0.2) is 0 Å². The van der Waals surface area contributed by atoms with Crippen LogP contribution in [0.1, 0.15) is 0 Å². The number of carboxylic acid groups (broad SMARTS) is 2. The van der Waals surface area contributed by atoms with E-state index in [4.69, 9.17) is 10.2 Å². The Kier molecular flexibility index (Phi) is 7.26. The van der Waals surface area contributed by atoms with E-state index in [1.165, 1.54) is 0 Å². The minimum atomic E-state index is -1.29.